The van der Waals surface area contributed by atoms with E-state index < -0.39 is 5.60 Å². The Morgan fingerprint density at radius 1 is 1.35 bits per heavy atom. The molecule has 146 valence electrons. The Morgan fingerprint density at radius 3 is 2.69 bits per heavy atom. The zero-order chi connectivity index (χ0) is 18.9. The molecule has 4 aliphatic rings. The van der Waals surface area contributed by atoms with E-state index in [1.165, 1.54) is 7.11 Å². The molecule has 5 nitrogen and oxygen atoms in total. The highest BCUT2D eigenvalue weighted by Crippen LogP contribution is 2.74. The summed E-state index contributed by atoms with van der Waals surface area (Å²) in [4.78, 5) is 17.5. The minimum Gasteiger partial charge on any atom is -0.466 e. The number of epoxide rings is 1. The van der Waals surface area contributed by atoms with Gasteiger partial charge in [-0.2, -0.15) is 0 Å². The molecule has 1 N–H and O–H groups in total. The van der Waals surface area contributed by atoms with Crippen molar-refractivity contribution in [3.63, 3.8) is 0 Å². The van der Waals surface area contributed by atoms with Crippen LogP contribution in [0.1, 0.15) is 59.8 Å². The average Bonchev–Trinajstić information content (AvgIpc) is 3.14. The molecule has 0 amide bonds. The average molecular weight is 364 g/mol. The van der Waals surface area contributed by atoms with Crippen LogP contribution in [0.15, 0.2) is 11.6 Å². The van der Waals surface area contributed by atoms with E-state index in [9.17, 15) is 10.1 Å². The second-order valence-electron chi connectivity index (χ2n) is 9.68. The van der Waals surface area contributed by atoms with Gasteiger partial charge in [-0.1, -0.05) is 19.9 Å². The summed E-state index contributed by atoms with van der Waals surface area (Å²) in [6.45, 7) is 8.77. The van der Waals surface area contributed by atoms with E-state index in [4.69, 9.17) is 14.4 Å². The Hall–Kier alpha value is -0.910. The Balaban J connectivity index is 1.78. The first-order valence-corrected chi connectivity index (χ1v) is 10.0. The number of ether oxygens (including phenoxy) is 2. The summed E-state index contributed by atoms with van der Waals surface area (Å²) < 4.78 is 11.1. The number of hydrogen-bond acceptors (Lipinski definition) is 5. The standard InChI is InChI=1S/C21H32O5/c1-12(2)21-9-8-19(3,26-23)17(21)14-11-20(4)16(25-20)7-6-13(10-15(14)21)18(22)24-5/h10,12,14-17,23H,6-9,11H2,1-5H3/t14-,15+,16-,17+,19+,20-,21-/m0/s1. The Labute approximate surface area is 156 Å². The molecule has 5 heteroatoms. The normalized spacial score (nSPS) is 49.6. The molecule has 3 fully saturated rings. The van der Waals surface area contributed by atoms with Crippen molar-refractivity contribution in [2.45, 2.75) is 77.1 Å². The topological polar surface area (TPSA) is 68.3 Å². The van der Waals surface area contributed by atoms with E-state index in [2.05, 4.69) is 26.8 Å². The minimum absolute atomic E-state index is 0.0620. The van der Waals surface area contributed by atoms with Gasteiger partial charge in [0.2, 0.25) is 0 Å². The first-order valence-electron chi connectivity index (χ1n) is 10.0. The molecule has 0 aromatic rings. The monoisotopic (exact) mass is 364 g/mol. The van der Waals surface area contributed by atoms with Gasteiger partial charge in [0.1, 0.15) is 5.60 Å². The van der Waals surface area contributed by atoms with Crippen LogP contribution < -0.4 is 0 Å². The Bertz CT molecular complexity index is 642. The molecule has 0 aromatic heterocycles. The third-order valence-electron chi connectivity index (χ3n) is 8.27. The summed E-state index contributed by atoms with van der Waals surface area (Å²) in [6, 6.07) is 0. The van der Waals surface area contributed by atoms with Gasteiger partial charge in [0.05, 0.1) is 18.8 Å². The van der Waals surface area contributed by atoms with Gasteiger partial charge in [0.25, 0.3) is 0 Å². The van der Waals surface area contributed by atoms with Crippen molar-refractivity contribution < 1.29 is 24.4 Å². The fraction of sp³-hybridized carbons (Fsp3) is 0.857. The molecular formula is C21H32O5. The van der Waals surface area contributed by atoms with Crippen molar-refractivity contribution in [2.75, 3.05) is 7.11 Å². The van der Waals surface area contributed by atoms with E-state index in [1.54, 1.807) is 0 Å². The van der Waals surface area contributed by atoms with Gasteiger partial charge in [-0.05, 0) is 69.1 Å². The highest BCUT2D eigenvalue weighted by atomic mass is 17.1. The van der Waals surface area contributed by atoms with E-state index >= 15 is 0 Å². The lowest BCUT2D eigenvalue weighted by Crippen LogP contribution is -2.62. The zero-order valence-corrected chi connectivity index (χ0v) is 16.6. The highest BCUT2D eigenvalue weighted by molar-refractivity contribution is 5.88. The van der Waals surface area contributed by atoms with Gasteiger partial charge in [-0.15, -0.1) is 0 Å². The maximum absolute atomic E-state index is 12.4. The van der Waals surface area contributed by atoms with Crippen molar-refractivity contribution in [3.05, 3.63) is 11.6 Å². The molecule has 0 radical (unpaired) electrons. The van der Waals surface area contributed by atoms with Crippen LogP contribution in [0.4, 0.5) is 0 Å². The second-order valence-corrected chi connectivity index (χ2v) is 9.68. The number of carbonyl (C=O) groups is 1. The maximum atomic E-state index is 12.4. The number of allylic oxidation sites excluding steroid dienone is 1. The molecule has 4 rings (SSSR count). The molecular weight excluding hydrogens is 332 g/mol. The number of esters is 1. The van der Waals surface area contributed by atoms with E-state index in [0.717, 1.165) is 31.3 Å². The smallest absolute Gasteiger partial charge is 0.333 e. The van der Waals surface area contributed by atoms with Gasteiger partial charge < -0.3 is 9.47 Å². The van der Waals surface area contributed by atoms with E-state index in [0.29, 0.717) is 24.2 Å². The number of fused-ring (bicyclic) bond motifs is 5. The molecule has 0 bridgehead atoms. The lowest BCUT2D eigenvalue weighted by molar-refractivity contribution is -0.351. The van der Waals surface area contributed by atoms with Crippen LogP contribution in [0.25, 0.3) is 0 Å². The largest absolute Gasteiger partial charge is 0.466 e. The number of rotatable bonds is 3. The molecule has 2 saturated carbocycles. The summed E-state index contributed by atoms with van der Waals surface area (Å²) in [7, 11) is 1.46. The van der Waals surface area contributed by atoms with E-state index in [-0.39, 0.29) is 29.0 Å². The third-order valence-corrected chi connectivity index (χ3v) is 8.27. The highest BCUT2D eigenvalue weighted by Gasteiger charge is 2.73. The fourth-order valence-corrected chi connectivity index (χ4v) is 6.91. The Kier molecular flexibility index (Phi) is 4.11. The number of methoxy groups -OCH3 is 1. The molecule has 1 saturated heterocycles. The van der Waals surface area contributed by atoms with Gasteiger partial charge in [0.15, 0.2) is 0 Å². The zero-order valence-electron chi connectivity index (χ0n) is 16.6. The van der Waals surface area contributed by atoms with Crippen LogP contribution in [-0.4, -0.2) is 35.6 Å². The molecule has 0 spiro atoms. The van der Waals surface area contributed by atoms with Crippen molar-refractivity contribution in [1.82, 2.24) is 0 Å². The van der Waals surface area contributed by atoms with Gasteiger partial charge in [-0.3, -0.25) is 5.26 Å². The van der Waals surface area contributed by atoms with Gasteiger partial charge in [-0.25, -0.2) is 9.68 Å². The third kappa shape index (κ3) is 2.29. The molecule has 1 aliphatic heterocycles. The summed E-state index contributed by atoms with van der Waals surface area (Å²) in [5, 5.41) is 9.71. The van der Waals surface area contributed by atoms with Crippen LogP contribution in [0.5, 0.6) is 0 Å². The predicted molar refractivity (Wildman–Crippen MR) is 96.3 cm³/mol. The predicted octanol–water partition coefficient (Wildman–Crippen LogP) is 3.97. The lowest BCUT2D eigenvalue weighted by atomic mass is 9.41. The van der Waals surface area contributed by atoms with Gasteiger partial charge in [0, 0.05) is 11.5 Å². The van der Waals surface area contributed by atoms with Crippen molar-refractivity contribution in [1.29, 1.82) is 0 Å². The molecule has 0 aromatic carbocycles. The minimum atomic E-state index is -0.514. The summed E-state index contributed by atoms with van der Waals surface area (Å²) in [6.07, 6.45) is 6.83. The SMILES string of the molecule is COC(=O)C1=C[C@@H]2[C@H](C[C@]3(C)O[C@H]3CC1)[C@H]1[C@]2(C(C)C)CC[C@@]1(C)OO. The number of hydrogen-bond donors (Lipinski definition) is 1. The fourth-order valence-electron chi connectivity index (χ4n) is 6.91. The molecule has 1 heterocycles. The molecule has 0 unspecified atom stereocenters. The van der Waals surface area contributed by atoms with Crippen molar-refractivity contribution in [3.8, 4) is 0 Å². The lowest BCUT2D eigenvalue weighted by Gasteiger charge is -2.63. The molecule has 26 heavy (non-hydrogen) atoms. The summed E-state index contributed by atoms with van der Waals surface area (Å²) in [5.74, 6) is 1.17. The van der Waals surface area contributed by atoms with E-state index in [1.807, 2.05) is 6.92 Å². The van der Waals surface area contributed by atoms with Crippen LogP contribution in [0, 0.1) is 29.1 Å². The van der Waals surface area contributed by atoms with Crippen molar-refractivity contribution >= 4 is 5.97 Å². The number of carbonyl (C=O) groups excluding carboxylic acids is 1. The second kappa shape index (κ2) is 5.79. The summed E-state index contributed by atoms with van der Waals surface area (Å²) in [5.41, 5.74) is 0.232. The summed E-state index contributed by atoms with van der Waals surface area (Å²) >= 11 is 0. The quantitative estimate of drug-likeness (QED) is 0.355. The first-order chi connectivity index (χ1) is 12.2. The van der Waals surface area contributed by atoms with Crippen LogP contribution in [0.3, 0.4) is 0 Å². The molecule has 3 aliphatic carbocycles. The van der Waals surface area contributed by atoms with Crippen LogP contribution in [-0.2, 0) is 19.2 Å². The van der Waals surface area contributed by atoms with Crippen molar-refractivity contribution in [2.24, 2.45) is 29.1 Å². The maximum Gasteiger partial charge on any atom is 0.333 e. The first kappa shape index (κ1) is 18.5. The Morgan fingerprint density at radius 2 is 2.08 bits per heavy atom. The van der Waals surface area contributed by atoms with Gasteiger partial charge >= 0.3 is 5.97 Å². The molecule has 7 atom stereocenters. The van der Waals surface area contributed by atoms with Crippen LogP contribution >= 0.6 is 0 Å². The van der Waals surface area contributed by atoms with Crippen LogP contribution in [0.2, 0.25) is 0 Å².